The summed E-state index contributed by atoms with van der Waals surface area (Å²) in [4.78, 5) is 14.8. The van der Waals surface area contributed by atoms with Crippen LogP contribution in [0.3, 0.4) is 0 Å². The van der Waals surface area contributed by atoms with E-state index in [0.717, 1.165) is 37.1 Å². The Morgan fingerprint density at radius 3 is 2.70 bits per heavy atom. The van der Waals surface area contributed by atoms with Gasteiger partial charge in [0, 0.05) is 18.7 Å². The average molecular weight is 274 g/mol. The quantitative estimate of drug-likeness (QED) is 0.901. The number of benzene rings is 1. The lowest BCUT2D eigenvalue weighted by Crippen LogP contribution is -2.42. The Labute approximate surface area is 122 Å². The fourth-order valence-corrected chi connectivity index (χ4v) is 2.94. The molecule has 0 radical (unpaired) electrons. The normalized spacial score (nSPS) is 20.0. The second-order valence-corrected chi connectivity index (χ2v) is 6.79. The summed E-state index contributed by atoms with van der Waals surface area (Å²) in [5, 5.41) is 0. The third-order valence-electron chi connectivity index (χ3n) is 4.11. The number of hydrogen-bond donors (Lipinski definition) is 1. The van der Waals surface area contributed by atoms with E-state index in [0.29, 0.717) is 12.5 Å². The van der Waals surface area contributed by atoms with Crippen molar-refractivity contribution in [1.82, 2.24) is 4.90 Å². The van der Waals surface area contributed by atoms with E-state index >= 15 is 0 Å². The predicted octanol–water partition coefficient (Wildman–Crippen LogP) is 2.80. The van der Waals surface area contributed by atoms with Crippen LogP contribution < -0.4 is 5.73 Å². The number of amides is 1. The maximum absolute atomic E-state index is 12.8. The third-order valence-corrected chi connectivity index (χ3v) is 4.11. The van der Waals surface area contributed by atoms with Gasteiger partial charge in [0.2, 0.25) is 0 Å². The number of nitrogens with two attached hydrogens (primary N) is 1. The number of carbonyl (C=O) groups excluding carboxylic acids is 1. The zero-order chi connectivity index (χ0) is 14.8. The minimum atomic E-state index is -0.0185. The summed E-state index contributed by atoms with van der Waals surface area (Å²) in [5.41, 5.74) is 7.72. The number of rotatable bonds is 2. The fraction of sp³-hybridized carbons (Fsp3) is 0.588. The zero-order valence-electron chi connectivity index (χ0n) is 12.9. The van der Waals surface area contributed by atoms with Crippen molar-refractivity contribution in [3.63, 3.8) is 0 Å². The van der Waals surface area contributed by atoms with Gasteiger partial charge in [0.05, 0.1) is 0 Å². The molecule has 1 saturated heterocycles. The maximum atomic E-state index is 12.8. The first kappa shape index (κ1) is 15.0. The Morgan fingerprint density at radius 2 is 2.05 bits per heavy atom. The molecule has 110 valence electrons. The first-order valence-electron chi connectivity index (χ1n) is 7.52. The van der Waals surface area contributed by atoms with Gasteiger partial charge in [-0.2, -0.15) is 0 Å². The smallest absolute Gasteiger partial charge is 0.254 e. The number of piperidine rings is 1. The molecule has 20 heavy (non-hydrogen) atoms. The van der Waals surface area contributed by atoms with Crippen LogP contribution >= 0.6 is 0 Å². The molecule has 2 N–H and O–H groups in total. The lowest BCUT2D eigenvalue weighted by atomic mass is 9.83. The van der Waals surface area contributed by atoms with Crippen molar-refractivity contribution in [2.45, 2.75) is 39.0 Å². The van der Waals surface area contributed by atoms with E-state index in [9.17, 15) is 4.79 Å². The maximum Gasteiger partial charge on any atom is 0.254 e. The van der Waals surface area contributed by atoms with Crippen molar-refractivity contribution in [2.75, 3.05) is 19.6 Å². The Bertz CT molecular complexity index is 476. The van der Waals surface area contributed by atoms with Gasteiger partial charge in [-0.15, -0.1) is 0 Å². The lowest BCUT2D eigenvalue weighted by Gasteiger charge is -2.33. The van der Waals surface area contributed by atoms with Gasteiger partial charge in [-0.1, -0.05) is 39.0 Å². The molecule has 1 heterocycles. The van der Waals surface area contributed by atoms with Crippen LogP contribution in [0.5, 0.6) is 0 Å². The molecule has 0 bridgehead atoms. The van der Waals surface area contributed by atoms with Gasteiger partial charge in [-0.3, -0.25) is 4.79 Å². The summed E-state index contributed by atoms with van der Waals surface area (Å²) in [7, 11) is 0. The summed E-state index contributed by atoms with van der Waals surface area (Å²) in [6, 6.07) is 7.98. The number of nitrogens with zero attached hydrogens (tertiary/aromatic N) is 1. The Kier molecular flexibility index (Phi) is 4.48. The monoisotopic (exact) mass is 274 g/mol. The first-order chi connectivity index (χ1) is 9.43. The second-order valence-electron chi connectivity index (χ2n) is 6.79. The predicted molar refractivity (Wildman–Crippen MR) is 82.8 cm³/mol. The molecule has 0 spiro atoms. The number of likely N-dealkylation sites (tertiary alicyclic amines) is 1. The van der Waals surface area contributed by atoms with Crippen LogP contribution in [-0.2, 0) is 5.41 Å². The molecule has 1 aromatic rings. The van der Waals surface area contributed by atoms with Crippen LogP contribution in [0.1, 0.15) is 49.5 Å². The summed E-state index contributed by atoms with van der Waals surface area (Å²) in [6.07, 6.45) is 2.20. The molecule has 2 rings (SSSR count). The zero-order valence-corrected chi connectivity index (χ0v) is 12.9. The molecule has 1 amide bonds. The van der Waals surface area contributed by atoms with Crippen LogP contribution in [0, 0.1) is 5.92 Å². The van der Waals surface area contributed by atoms with Crippen LogP contribution in [0.25, 0.3) is 0 Å². The van der Waals surface area contributed by atoms with Gasteiger partial charge in [0.15, 0.2) is 0 Å². The molecule has 1 aromatic carbocycles. The largest absolute Gasteiger partial charge is 0.338 e. The average Bonchev–Trinajstić information content (AvgIpc) is 2.45. The van der Waals surface area contributed by atoms with E-state index in [4.69, 9.17) is 5.73 Å². The van der Waals surface area contributed by atoms with E-state index in [1.165, 1.54) is 0 Å². The summed E-state index contributed by atoms with van der Waals surface area (Å²) < 4.78 is 0. The van der Waals surface area contributed by atoms with Gasteiger partial charge >= 0.3 is 0 Å². The molecule has 1 fully saturated rings. The molecule has 1 aliphatic heterocycles. The third kappa shape index (κ3) is 3.21. The number of carbonyl (C=O) groups is 1. The minimum absolute atomic E-state index is 0.0185. The summed E-state index contributed by atoms with van der Waals surface area (Å²) in [5.74, 6) is 0.614. The molecule has 1 unspecified atom stereocenters. The highest BCUT2D eigenvalue weighted by Crippen LogP contribution is 2.27. The van der Waals surface area contributed by atoms with Crippen molar-refractivity contribution in [2.24, 2.45) is 11.7 Å². The van der Waals surface area contributed by atoms with Gasteiger partial charge < -0.3 is 10.6 Å². The molecular weight excluding hydrogens is 248 g/mol. The van der Waals surface area contributed by atoms with E-state index in [-0.39, 0.29) is 11.3 Å². The number of hydrogen-bond acceptors (Lipinski definition) is 2. The molecule has 1 aliphatic rings. The molecule has 1 atom stereocenters. The summed E-state index contributed by atoms with van der Waals surface area (Å²) >= 11 is 0. The standard InChI is InChI=1S/C17H26N2O/c1-17(2,3)15-9-5-4-8-14(15)16(20)19-10-6-7-13(11-18)12-19/h4-5,8-9,13H,6-7,10-12,18H2,1-3H3. The van der Waals surface area contributed by atoms with E-state index in [2.05, 4.69) is 26.8 Å². The van der Waals surface area contributed by atoms with Gasteiger partial charge in [0.25, 0.3) is 5.91 Å². The van der Waals surface area contributed by atoms with E-state index in [1.54, 1.807) is 0 Å². The van der Waals surface area contributed by atoms with Gasteiger partial charge in [0.1, 0.15) is 0 Å². The molecular formula is C17H26N2O. The Balaban J connectivity index is 2.25. The SMILES string of the molecule is CC(C)(C)c1ccccc1C(=O)N1CCCC(CN)C1. The van der Waals surface area contributed by atoms with Gasteiger partial charge in [-0.05, 0) is 42.3 Å². The molecule has 3 nitrogen and oxygen atoms in total. The van der Waals surface area contributed by atoms with Crippen LogP contribution in [0.15, 0.2) is 24.3 Å². The molecule has 0 aliphatic carbocycles. The van der Waals surface area contributed by atoms with E-state index < -0.39 is 0 Å². The van der Waals surface area contributed by atoms with Crippen molar-refractivity contribution in [3.8, 4) is 0 Å². The first-order valence-corrected chi connectivity index (χ1v) is 7.52. The van der Waals surface area contributed by atoms with Crippen LogP contribution in [-0.4, -0.2) is 30.4 Å². The minimum Gasteiger partial charge on any atom is -0.338 e. The van der Waals surface area contributed by atoms with E-state index in [1.807, 2.05) is 23.1 Å². The highest BCUT2D eigenvalue weighted by molar-refractivity contribution is 5.96. The second kappa shape index (κ2) is 5.96. The lowest BCUT2D eigenvalue weighted by molar-refractivity contribution is 0.0675. The highest BCUT2D eigenvalue weighted by Gasteiger charge is 2.27. The molecule has 0 aromatic heterocycles. The summed E-state index contributed by atoms with van der Waals surface area (Å²) in [6.45, 7) is 8.78. The molecule has 0 saturated carbocycles. The Hall–Kier alpha value is -1.35. The highest BCUT2D eigenvalue weighted by atomic mass is 16.2. The van der Waals surface area contributed by atoms with Crippen LogP contribution in [0.4, 0.5) is 0 Å². The van der Waals surface area contributed by atoms with Crippen molar-refractivity contribution >= 4 is 5.91 Å². The van der Waals surface area contributed by atoms with Crippen LogP contribution in [0.2, 0.25) is 0 Å². The van der Waals surface area contributed by atoms with Crippen molar-refractivity contribution in [1.29, 1.82) is 0 Å². The Morgan fingerprint density at radius 1 is 1.35 bits per heavy atom. The topological polar surface area (TPSA) is 46.3 Å². The fourth-order valence-electron chi connectivity index (χ4n) is 2.94. The van der Waals surface area contributed by atoms with Crippen molar-refractivity contribution in [3.05, 3.63) is 35.4 Å². The van der Waals surface area contributed by atoms with Crippen molar-refractivity contribution < 1.29 is 4.79 Å². The van der Waals surface area contributed by atoms with Gasteiger partial charge in [-0.25, -0.2) is 0 Å². The molecule has 3 heteroatoms.